The van der Waals surface area contributed by atoms with Crippen molar-refractivity contribution >= 4 is 0 Å². The highest BCUT2D eigenvalue weighted by atomic mass is 19.4. The number of nitrogens with one attached hydrogen (secondary N) is 1. The number of halogens is 4. The van der Waals surface area contributed by atoms with E-state index in [1.54, 1.807) is 0 Å². The molecule has 0 heterocycles. The van der Waals surface area contributed by atoms with Gasteiger partial charge in [-0.15, -0.1) is 0 Å². The summed E-state index contributed by atoms with van der Waals surface area (Å²) in [7, 11) is 0. The van der Waals surface area contributed by atoms with Crippen LogP contribution in [0.5, 0.6) is 0 Å². The van der Waals surface area contributed by atoms with Crippen LogP contribution in [0.4, 0.5) is 17.6 Å². The summed E-state index contributed by atoms with van der Waals surface area (Å²) in [5, 5.41) is 3.01. The Bertz CT molecular complexity index is 401. The molecule has 0 aliphatic heterocycles. The second kappa shape index (κ2) is 6.89. The predicted octanol–water partition coefficient (Wildman–Crippen LogP) is 4.69. The molecule has 1 aromatic carbocycles. The van der Waals surface area contributed by atoms with Crippen molar-refractivity contribution in [2.45, 2.75) is 45.3 Å². The van der Waals surface area contributed by atoms with Gasteiger partial charge >= 0.3 is 6.18 Å². The zero-order chi connectivity index (χ0) is 14.5. The maximum atomic E-state index is 13.3. The van der Waals surface area contributed by atoms with Crippen LogP contribution in [-0.4, -0.2) is 6.54 Å². The van der Waals surface area contributed by atoms with Crippen LogP contribution in [0.25, 0.3) is 0 Å². The van der Waals surface area contributed by atoms with E-state index in [2.05, 4.69) is 5.32 Å². The minimum absolute atomic E-state index is 0.00259. The molecule has 108 valence electrons. The number of alkyl halides is 3. The van der Waals surface area contributed by atoms with E-state index in [4.69, 9.17) is 0 Å². The highest BCUT2D eigenvalue weighted by Gasteiger charge is 2.35. The summed E-state index contributed by atoms with van der Waals surface area (Å²) in [6.45, 7) is 4.34. The third-order valence-electron chi connectivity index (χ3n) is 2.99. The summed E-state index contributed by atoms with van der Waals surface area (Å²) < 4.78 is 52.1. The quantitative estimate of drug-likeness (QED) is 0.744. The van der Waals surface area contributed by atoms with Crippen molar-refractivity contribution in [2.24, 2.45) is 0 Å². The van der Waals surface area contributed by atoms with Crippen LogP contribution in [0, 0.1) is 5.82 Å². The fourth-order valence-corrected chi connectivity index (χ4v) is 2.10. The van der Waals surface area contributed by atoms with E-state index in [0.29, 0.717) is 13.0 Å². The lowest BCUT2D eigenvalue weighted by Gasteiger charge is -2.22. The van der Waals surface area contributed by atoms with Gasteiger partial charge in [-0.25, -0.2) is 4.39 Å². The molecule has 0 aromatic heterocycles. The molecule has 1 N–H and O–H groups in total. The maximum Gasteiger partial charge on any atom is 0.416 e. The van der Waals surface area contributed by atoms with Crippen LogP contribution < -0.4 is 5.32 Å². The van der Waals surface area contributed by atoms with Gasteiger partial charge in [0, 0.05) is 6.04 Å². The van der Waals surface area contributed by atoms with Gasteiger partial charge in [-0.05, 0) is 36.7 Å². The molecular weight excluding hydrogens is 258 g/mol. The Morgan fingerprint density at radius 3 is 2.42 bits per heavy atom. The first kappa shape index (κ1) is 16.0. The summed E-state index contributed by atoms with van der Waals surface area (Å²) in [6, 6.07) is 2.21. The number of hydrogen-bond acceptors (Lipinski definition) is 1. The van der Waals surface area contributed by atoms with E-state index in [-0.39, 0.29) is 5.56 Å². The van der Waals surface area contributed by atoms with Crippen molar-refractivity contribution in [2.75, 3.05) is 6.54 Å². The predicted molar refractivity (Wildman–Crippen MR) is 67.3 cm³/mol. The SMILES string of the molecule is CCCCC(NCC)c1cc(F)ccc1C(F)(F)F. The van der Waals surface area contributed by atoms with Gasteiger partial charge in [-0.3, -0.25) is 0 Å². The highest BCUT2D eigenvalue weighted by Crippen LogP contribution is 2.36. The summed E-state index contributed by atoms with van der Waals surface area (Å²) in [5.41, 5.74) is -0.751. The van der Waals surface area contributed by atoms with Crippen molar-refractivity contribution < 1.29 is 17.6 Å². The van der Waals surface area contributed by atoms with Crippen LogP contribution in [0.2, 0.25) is 0 Å². The molecule has 1 nitrogen and oxygen atoms in total. The largest absolute Gasteiger partial charge is 0.416 e. The minimum Gasteiger partial charge on any atom is -0.310 e. The molecule has 0 fully saturated rings. The molecule has 0 radical (unpaired) electrons. The van der Waals surface area contributed by atoms with Crippen LogP contribution in [-0.2, 0) is 6.18 Å². The normalized spacial score (nSPS) is 13.6. The van der Waals surface area contributed by atoms with Crippen LogP contribution in [0.1, 0.15) is 50.3 Å². The Kier molecular flexibility index (Phi) is 5.79. The molecule has 0 saturated heterocycles. The molecule has 1 rings (SSSR count). The van der Waals surface area contributed by atoms with E-state index in [1.807, 2.05) is 13.8 Å². The van der Waals surface area contributed by atoms with Gasteiger partial charge in [0.15, 0.2) is 0 Å². The molecule has 0 aliphatic rings. The first-order chi connectivity index (χ1) is 8.90. The summed E-state index contributed by atoms with van der Waals surface area (Å²) >= 11 is 0. The summed E-state index contributed by atoms with van der Waals surface area (Å²) in [5.74, 6) is -0.637. The Morgan fingerprint density at radius 2 is 1.89 bits per heavy atom. The van der Waals surface area contributed by atoms with E-state index >= 15 is 0 Å². The Morgan fingerprint density at radius 1 is 1.21 bits per heavy atom. The first-order valence-electron chi connectivity index (χ1n) is 6.50. The van der Waals surface area contributed by atoms with Crippen molar-refractivity contribution in [1.29, 1.82) is 0 Å². The van der Waals surface area contributed by atoms with Crippen molar-refractivity contribution in [3.63, 3.8) is 0 Å². The second-order valence-corrected chi connectivity index (χ2v) is 4.48. The topological polar surface area (TPSA) is 12.0 Å². The standard InChI is InChI=1S/C14H19F4N/c1-3-5-6-13(19-4-2)11-9-10(15)7-8-12(11)14(16,17)18/h7-9,13,19H,3-6H2,1-2H3. The molecule has 0 spiro atoms. The van der Waals surface area contributed by atoms with Crippen LogP contribution in [0.3, 0.4) is 0 Å². The third kappa shape index (κ3) is 4.49. The summed E-state index contributed by atoms with van der Waals surface area (Å²) in [4.78, 5) is 0. The maximum absolute atomic E-state index is 13.3. The zero-order valence-corrected chi connectivity index (χ0v) is 11.1. The Labute approximate surface area is 111 Å². The van der Waals surface area contributed by atoms with E-state index in [0.717, 1.165) is 31.0 Å². The lowest BCUT2D eigenvalue weighted by molar-refractivity contribution is -0.138. The molecule has 0 bridgehead atoms. The Hall–Kier alpha value is -1.10. The van der Waals surface area contributed by atoms with Gasteiger partial charge in [0.1, 0.15) is 5.82 Å². The van der Waals surface area contributed by atoms with E-state index < -0.39 is 23.6 Å². The second-order valence-electron chi connectivity index (χ2n) is 4.48. The third-order valence-corrected chi connectivity index (χ3v) is 2.99. The van der Waals surface area contributed by atoms with Gasteiger partial charge < -0.3 is 5.32 Å². The molecule has 1 unspecified atom stereocenters. The average molecular weight is 277 g/mol. The van der Waals surface area contributed by atoms with Gasteiger partial charge in [0.2, 0.25) is 0 Å². The van der Waals surface area contributed by atoms with Crippen molar-refractivity contribution in [1.82, 2.24) is 5.32 Å². The van der Waals surface area contributed by atoms with Gasteiger partial charge in [0.05, 0.1) is 5.56 Å². The summed E-state index contributed by atoms with van der Waals surface area (Å²) in [6.07, 6.45) is -2.20. The van der Waals surface area contributed by atoms with Crippen LogP contribution >= 0.6 is 0 Å². The molecule has 5 heteroatoms. The number of unbranched alkanes of at least 4 members (excludes halogenated alkanes) is 1. The monoisotopic (exact) mass is 277 g/mol. The van der Waals surface area contributed by atoms with Gasteiger partial charge in [0.25, 0.3) is 0 Å². The van der Waals surface area contributed by atoms with E-state index in [1.165, 1.54) is 0 Å². The lowest BCUT2D eigenvalue weighted by Crippen LogP contribution is -2.24. The first-order valence-corrected chi connectivity index (χ1v) is 6.50. The molecule has 19 heavy (non-hydrogen) atoms. The Balaban J connectivity index is 3.15. The fourth-order valence-electron chi connectivity index (χ4n) is 2.10. The molecule has 0 saturated carbocycles. The molecule has 1 aromatic rings. The number of rotatable bonds is 6. The van der Waals surface area contributed by atoms with Gasteiger partial charge in [-0.2, -0.15) is 13.2 Å². The van der Waals surface area contributed by atoms with E-state index in [9.17, 15) is 17.6 Å². The van der Waals surface area contributed by atoms with Gasteiger partial charge in [-0.1, -0.05) is 26.7 Å². The lowest BCUT2D eigenvalue weighted by atomic mass is 9.95. The molecular formula is C14H19F4N. The molecule has 0 aliphatic carbocycles. The van der Waals surface area contributed by atoms with Crippen molar-refractivity contribution in [3.8, 4) is 0 Å². The molecule has 1 atom stereocenters. The highest BCUT2D eigenvalue weighted by molar-refractivity contribution is 5.33. The number of hydrogen-bond donors (Lipinski definition) is 1. The van der Waals surface area contributed by atoms with Crippen molar-refractivity contribution in [3.05, 3.63) is 35.1 Å². The molecule has 0 amide bonds. The van der Waals surface area contributed by atoms with Crippen LogP contribution in [0.15, 0.2) is 18.2 Å². The smallest absolute Gasteiger partial charge is 0.310 e. The fraction of sp³-hybridized carbons (Fsp3) is 0.571. The average Bonchev–Trinajstić information content (AvgIpc) is 2.32. The zero-order valence-electron chi connectivity index (χ0n) is 11.1. The number of benzene rings is 1. The minimum atomic E-state index is -4.46.